The normalized spacial score (nSPS) is 6.67. The Morgan fingerprint density at radius 3 is 2.67 bits per heavy atom. The Hall–Kier alpha value is -0.198. The predicted molar refractivity (Wildman–Crippen MR) is 15.2 cm³/mol. The van der Waals surface area contributed by atoms with E-state index in [0.717, 1.165) is 0 Å². The van der Waals surface area contributed by atoms with Crippen LogP contribution in [-0.2, 0) is 20.4 Å². The molecule has 0 amide bonds. The van der Waals surface area contributed by atoms with Crippen molar-refractivity contribution in [1.29, 1.82) is 0 Å². The van der Waals surface area contributed by atoms with Crippen LogP contribution in [-0.4, -0.2) is 15.2 Å². The fourth-order valence-corrected chi connectivity index (χ4v) is 0.144. The summed E-state index contributed by atoms with van der Waals surface area (Å²) < 4.78 is 0. The summed E-state index contributed by atoms with van der Waals surface area (Å²) in [5.41, 5.74) is 0. The molecular weight excluding hydrogens is 252 g/mol. The molecule has 33 valence electrons. The van der Waals surface area contributed by atoms with E-state index < -0.39 is 0 Å². The Labute approximate surface area is 48.8 Å². The number of H-pyrrole nitrogens is 1. The van der Waals surface area contributed by atoms with Crippen molar-refractivity contribution in [2.45, 2.75) is 0 Å². The largest absolute Gasteiger partial charge is 0.421 e. The van der Waals surface area contributed by atoms with E-state index in [2.05, 4.69) is 21.5 Å². The third-order valence-electron chi connectivity index (χ3n) is 0.295. The van der Waals surface area contributed by atoms with E-state index in [0.29, 0.717) is 0 Å². The molecule has 0 unspecified atom stereocenters. The summed E-state index contributed by atoms with van der Waals surface area (Å²) >= 11 is 0. The zero-order valence-electron chi connectivity index (χ0n) is 2.85. The van der Waals surface area contributed by atoms with Gasteiger partial charge in [0, 0.05) is 20.4 Å². The molecule has 0 aromatic carbocycles. The van der Waals surface area contributed by atoms with Crippen molar-refractivity contribution in [2.75, 3.05) is 0 Å². The molecule has 0 bridgehead atoms. The molecule has 1 aromatic heterocycles. The fraction of sp³-hybridized carbons (Fsp3) is 0. The number of rotatable bonds is 0. The van der Waals surface area contributed by atoms with Gasteiger partial charge in [-0.25, -0.2) is 0 Å². The van der Waals surface area contributed by atoms with Crippen molar-refractivity contribution >= 4 is 0 Å². The van der Waals surface area contributed by atoms with Gasteiger partial charge in [-0.15, -0.1) is 0 Å². The van der Waals surface area contributed by atoms with E-state index in [-0.39, 0.29) is 20.4 Å². The number of hydrogen-bond acceptors (Lipinski definition) is 2. The SMILES string of the molecule is [Re].[c-]1nc[nH]n1. The monoisotopic (exact) mass is 255 g/mol. The summed E-state index contributed by atoms with van der Waals surface area (Å²) in [6, 6.07) is 0. The number of hydrogen-bond donors (Lipinski definition) is 1. The topological polar surface area (TPSA) is 41.6 Å². The molecule has 0 saturated heterocycles. The van der Waals surface area contributed by atoms with Crippen molar-refractivity contribution in [2.24, 2.45) is 0 Å². The molecule has 0 fully saturated rings. The number of nitrogens with zero attached hydrogens (tertiary/aromatic N) is 2. The van der Waals surface area contributed by atoms with Crippen LogP contribution in [0.3, 0.4) is 0 Å². The molecule has 1 heterocycles. The quantitative estimate of drug-likeness (QED) is 0.640. The molecule has 1 aromatic rings. The summed E-state index contributed by atoms with van der Waals surface area (Å²) in [6.45, 7) is 0. The molecule has 0 spiro atoms. The molecule has 0 aliphatic carbocycles. The van der Waals surface area contributed by atoms with Crippen molar-refractivity contribution in [3.63, 3.8) is 0 Å². The molecule has 1 N–H and O–H groups in total. The first-order valence-corrected chi connectivity index (χ1v) is 1.22. The molecule has 0 aliphatic heterocycles. The van der Waals surface area contributed by atoms with Crippen LogP contribution in [0, 0.1) is 6.33 Å². The van der Waals surface area contributed by atoms with Crippen LogP contribution in [0.4, 0.5) is 0 Å². The second-order valence-electron chi connectivity index (χ2n) is 0.599. The van der Waals surface area contributed by atoms with E-state index in [4.69, 9.17) is 0 Å². The Bertz CT molecular complexity index is 65.3. The predicted octanol–water partition coefficient (Wildman–Crippen LogP) is -0.398. The number of aromatic amines is 1. The summed E-state index contributed by atoms with van der Waals surface area (Å²) in [6.07, 6.45) is 3.76. The fourth-order valence-electron chi connectivity index (χ4n) is 0.144. The van der Waals surface area contributed by atoms with E-state index >= 15 is 0 Å². The zero-order valence-corrected chi connectivity index (χ0v) is 5.57. The summed E-state index contributed by atoms with van der Waals surface area (Å²) in [4.78, 5) is 3.43. The Kier molecular flexibility index (Phi) is 2.91. The summed E-state index contributed by atoms with van der Waals surface area (Å²) in [5.74, 6) is 0. The van der Waals surface area contributed by atoms with Crippen molar-refractivity contribution < 1.29 is 20.4 Å². The van der Waals surface area contributed by atoms with Gasteiger partial charge in [-0.2, -0.15) is 0 Å². The molecule has 1 radical (unpaired) electrons. The first-order chi connectivity index (χ1) is 2.50. The van der Waals surface area contributed by atoms with Gasteiger partial charge in [-0.05, 0) is 12.7 Å². The Morgan fingerprint density at radius 2 is 2.50 bits per heavy atom. The maximum Gasteiger partial charge on any atom is 0 e. The van der Waals surface area contributed by atoms with E-state index in [1.165, 1.54) is 6.33 Å². The standard InChI is InChI=1S/C2H2N3.Re/c1-3-2-5-4-1;/h1H,(H,3,4,5);/q-1;. The van der Waals surface area contributed by atoms with Gasteiger partial charge >= 0.3 is 0 Å². The van der Waals surface area contributed by atoms with Crippen LogP contribution in [0.15, 0.2) is 6.33 Å². The third kappa shape index (κ3) is 1.29. The van der Waals surface area contributed by atoms with Crippen LogP contribution >= 0.6 is 0 Å². The second-order valence-corrected chi connectivity index (χ2v) is 0.599. The van der Waals surface area contributed by atoms with E-state index in [9.17, 15) is 0 Å². The molecular formula is C2H2N3Re-. The van der Waals surface area contributed by atoms with Gasteiger partial charge in [0.1, 0.15) is 0 Å². The van der Waals surface area contributed by atoms with Crippen molar-refractivity contribution in [3.05, 3.63) is 12.7 Å². The summed E-state index contributed by atoms with van der Waals surface area (Å²) in [7, 11) is 0. The molecule has 0 atom stereocenters. The second kappa shape index (κ2) is 3.01. The maximum absolute atomic E-state index is 3.43. The van der Waals surface area contributed by atoms with Gasteiger partial charge in [-0.3, -0.25) is 5.10 Å². The van der Waals surface area contributed by atoms with Crippen LogP contribution in [0.25, 0.3) is 0 Å². The average Bonchev–Trinajstić information content (AvgIpc) is 1.76. The van der Waals surface area contributed by atoms with Gasteiger partial charge in [-0.1, -0.05) is 0 Å². The first-order valence-electron chi connectivity index (χ1n) is 1.22. The van der Waals surface area contributed by atoms with Crippen LogP contribution in [0.2, 0.25) is 0 Å². The molecule has 3 nitrogen and oxygen atoms in total. The van der Waals surface area contributed by atoms with Gasteiger partial charge in [0.25, 0.3) is 0 Å². The van der Waals surface area contributed by atoms with Gasteiger partial charge in [0.15, 0.2) is 0 Å². The third-order valence-corrected chi connectivity index (χ3v) is 0.295. The maximum atomic E-state index is 3.43. The Morgan fingerprint density at radius 1 is 1.67 bits per heavy atom. The van der Waals surface area contributed by atoms with Gasteiger partial charge in [0.05, 0.1) is 0 Å². The van der Waals surface area contributed by atoms with Crippen LogP contribution in [0.1, 0.15) is 0 Å². The molecule has 4 heteroatoms. The van der Waals surface area contributed by atoms with Crippen molar-refractivity contribution in [1.82, 2.24) is 15.2 Å². The molecule has 0 aliphatic rings. The van der Waals surface area contributed by atoms with Crippen molar-refractivity contribution in [3.8, 4) is 0 Å². The minimum absolute atomic E-state index is 0. The van der Waals surface area contributed by atoms with E-state index in [1.807, 2.05) is 0 Å². The average molecular weight is 254 g/mol. The van der Waals surface area contributed by atoms with Gasteiger partial charge in [0.2, 0.25) is 0 Å². The van der Waals surface area contributed by atoms with E-state index in [1.54, 1.807) is 0 Å². The molecule has 0 saturated carbocycles. The number of nitrogens with one attached hydrogen (secondary N) is 1. The minimum Gasteiger partial charge on any atom is -0.421 e. The smallest absolute Gasteiger partial charge is 0 e. The first kappa shape index (κ1) is 5.80. The van der Waals surface area contributed by atoms with Crippen LogP contribution in [0.5, 0.6) is 0 Å². The Balaban J connectivity index is 0.000000250. The minimum atomic E-state index is 0. The molecule has 6 heavy (non-hydrogen) atoms. The number of aromatic nitrogens is 3. The van der Waals surface area contributed by atoms with Gasteiger partial charge < -0.3 is 10.1 Å². The van der Waals surface area contributed by atoms with Crippen LogP contribution < -0.4 is 0 Å². The zero-order chi connectivity index (χ0) is 3.54. The summed E-state index contributed by atoms with van der Waals surface area (Å²) in [5, 5.41) is 5.81. The molecule has 1 rings (SSSR count).